The maximum atomic E-state index is 11.6. The van der Waals surface area contributed by atoms with Crippen LogP contribution in [-0.2, 0) is 13.1 Å². The number of pyridine rings is 1. The van der Waals surface area contributed by atoms with Gasteiger partial charge in [-0.25, -0.2) is 4.98 Å². The minimum atomic E-state index is -0.441. The molecule has 0 amide bonds. The summed E-state index contributed by atoms with van der Waals surface area (Å²) < 4.78 is 7.13. The van der Waals surface area contributed by atoms with Gasteiger partial charge in [0.15, 0.2) is 5.75 Å². The predicted molar refractivity (Wildman–Crippen MR) is 124 cm³/mol. The minimum Gasteiger partial charge on any atom is -0.490 e. The molecule has 0 unspecified atom stereocenters. The number of rotatable bonds is 8. The molecule has 0 aliphatic heterocycles. The van der Waals surface area contributed by atoms with Crippen molar-refractivity contribution in [2.75, 3.05) is 19.4 Å². The van der Waals surface area contributed by atoms with Gasteiger partial charge >= 0.3 is 5.69 Å². The summed E-state index contributed by atoms with van der Waals surface area (Å²) in [6, 6.07) is 18.8. The highest BCUT2D eigenvalue weighted by atomic mass is 16.6. The third kappa shape index (κ3) is 4.26. The van der Waals surface area contributed by atoms with Gasteiger partial charge in [0.1, 0.15) is 5.65 Å². The Hall–Kier alpha value is -3.91. The van der Waals surface area contributed by atoms with E-state index in [-0.39, 0.29) is 11.4 Å². The maximum absolute atomic E-state index is 11.6. The molecule has 0 aliphatic carbocycles. The first-order valence-corrected chi connectivity index (χ1v) is 10.4. The van der Waals surface area contributed by atoms with Gasteiger partial charge in [0.05, 0.1) is 23.4 Å². The van der Waals surface area contributed by atoms with E-state index < -0.39 is 4.92 Å². The first-order valence-electron chi connectivity index (χ1n) is 10.4. The number of aromatic nitrogens is 2. The summed E-state index contributed by atoms with van der Waals surface area (Å²) in [5.74, 6) is 0.215. The van der Waals surface area contributed by atoms with E-state index in [9.17, 15) is 10.1 Å². The lowest BCUT2D eigenvalue weighted by atomic mass is 10.1. The first kappa shape index (κ1) is 21.3. The smallest absolute Gasteiger partial charge is 0.311 e. The maximum Gasteiger partial charge on any atom is 0.311 e. The van der Waals surface area contributed by atoms with Crippen LogP contribution < -0.4 is 10.5 Å². The van der Waals surface area contributed by atoms with E-state index in [0.29, 0.717) is 23.5 Å². The summed E-state index contributed by atoms with van der Waals surface area (Å²) in [6.45, 7) is 4.31. The van der Waals surface area contributed by atoms with Gasteiger partial charge in [0, 0.05) is 36.6 Å². The number of nitro benzene ring substituents is 1. The van der Waals surface area contributed by atoms with Crippen molar-refractivity contribution in [1.29, 1.82) is 0 Å². The molecular weight excluding hydrogens is 406 g/mol. The molecule has 0 atom stereocenters. The fourth-order valence-corrected chi connectivity index (χ4v) is 3.80. The van der Waals surface area contributed by atoms with E-state index in [4.69, 9.17) is 15.5 Å². The molecule has 0 spiro atoms. The first-order chi connectivity index (χ1) is 15.5. The number of anilines is 1. The van der Waals surface area contributed by atoms with Crippen LogP contribution in [0.2, 0.25) is 0 Å². The highest BCUT2D eigenvalue weighted by molar-refractivity contribution is 5.71. The normalized spacial score (nSPS) is 11.2. The van der Waals surface area contributed by atoms with Crippen LogP contribution in [-0.4, -0.2) is 32.9 Å². The van der Waals surface area contributed by atoms with Crippen LogP contribution in [0.1, 0.15) is 18.2 Å². The molecule has 164 valence electrons. The minimum absolute atomic E-state index is 0.0934. The number of benzene rings is 2. The lowest BCUT2D eigenvalue weighted by molar-refractivity contribution is -0.385. The van der Waals surface area contributed by atoms with Crippen LogP contribution in [0.4, 0.5) is 11.4 Å². The summed E-state index contributed by atoms with van der Waals surface area (Å²) in [4.78, 5) is 18.2. The standard InChI is InChI=1S/C24H25N5O3/c1-3-27(14-17-7-5-4-6-8-17)16-21-24(26-23-12-10-19(25)15-28(21)23)18-9-11-22(32-2)20(13-18)29(30)31/h4-13,15H,3,14,16,25H2,1-2H3. The number of nitrogens with two attached hydrogens (primary N) is 1. The Kier molecular flexibility index (Phi) is 6.04. The second kappa shape index (κ2) is 9.07. The zero-order valence-corrected chi connectivity index (χ0v) is 18.1. The highest BCUT2D eigenvalue weighted by Crippen LogP contribution is 2.34. The third-order valence-electron chi connectivity index (χ3n) is 5.46. The molecule has 4 aromatic rings. The molecule has 8 nitrogen and oxygen atoms in total. The quantitative estimate of drug-likeness (QED) is 0.325. The van der Waals surface area contributed by atoms with Crippen LogP contribution in [0, 0.1) is 10.1 Å². The number of nitrogens with zero attached hydrogens (tertiary/aromatic N) is 4. The lowest BCUT2D eigenvalue weighted by Crippen LogP contribution is -2.23. The van der Waals surface area contributed by atoms with Gasteiger partial charge in [-0.15, -0.1) is 0 Å². The molecule has 0 saturated heterocycles. The van der Waals surface area contributed by atoms with E-state index in [1.54, 1.807) is 18.2 Å². The van der Waals surface area contributed by atoms with Gasteiger partial charge in [0.25, 0.3) is 0 Å². The summed E-state index contributed by atoms with van der Waals surface area (Å²) in [6.07, 6.45) is 1.84. The van der Waals surface area contributed by atoms with Crippen molar-refractivity contribution in [3.63, 3.8) is 0 Å². The van der Waals surface area contributed by atoms with Gasteiger partial charge in [-0.2, -0.15) is 0 Å². The topological polar surface area (TPSA) is 98.9 Å². The lowest BCUT2D eigenvalue weighted by Gasteiger charge is -2.21. The molecule has 32 heavy (non-hydrogen) atoms. The van der Waals surface area contributed by atoms with Crippen LogP contribution in [0.3, 0.4) is 0 Å². The molecule has 2 aromatic carbocycles. The Labute approximate surface area is 186 Å². The number of nitrogen functional groups attached to an aromatic ring is 1. The van der Waals surface area contributed by atoms with Crippen molar-refractivity contribution in [2.45, 2.75) is 20.0 Å². The summed E-state index contributed by atoms with van der Waals surface area (Å²) in [5, 5.41) is 11.6. The number of fused-ring (bicyclic) bond motifs is 1. The van der Waals surface area contributed by atoms with Gasteiger partial charge in [-0.3, -0.25) is 15.0 Å². The number of methoxy groups -OCH3 is 1. The summed E-state index contributed by atoms with van der Waals surface area (Å²) in [7, 11) is 1.42. The van der Waals surface area contributed by atoms with Crippen molar-refractivity contribution in [1.82, 2.24) is 14.3 Å². The van der Waals surface area contributed by atoms with Crippen molar-refractivity contribution >= 4 is 17.0 Å². The van der Waals surface area contributed by atoms with Gasteiger partial charge in [0.2, 0.25) is 0 Å². The van der Waals surface area contributed by atoms with Crippen molar-refractivity contribution in [3.05, 3.63) is 88.2 Å². The number of nitro groups is 1. The fourth-order valence-electron chi connectivity index (χ4n) is 3.80. The molecule has 2 N–H and O–H groups in total. The Bertz CT molecular complexity index is 1250. The Morgan fingerprint density at radius 3 is 2.59 bits per heavy atom. The number of imidazole rings is 1. The molecule has 2 heterocycles. The van der Waals surface area contributed by atoms with Gasteiger partial charge < -0.3 is 14.9 Å². The summed E-state index contributed by atoms with van der Waals surface area (Å²) in [5.41, 5.74) is 10.8. The number of hydrogen-bond donors (Lipinski definition) is 1. The molecule has 0 saturated carbocycles. The third-order valence-corrected chi connectivity index (χ3v) is 5.46. The Morgan fingerprint density at radius 1 is 1.12 bits per heavy atom. The van der Waals surface area contributed by atoms with E-state index >= 15 is 0 Å². The zero-order valence-electron chi connectivity index (χ0n) is 18.1. The van der Waals surface area contributed by atoms with Crippen LogP contribution in [0.25, 0.3) is 16.9 Å². The number of hydrogen-bond acceptors (Lipinski definition) is 6. The molecule has 0 fully saturated rings. The van der Waals surface area contributed by atoms with Gasteiger partial charge in [-0.1, -0.05) is 37.3 Å². The largest absolute Gasteiger partial charge is 0.490 e. The van der Waals surface area contributed by atoms with Crippen LogP contribution in [0.15, 0.2) is 66.9 Å². The fraction of sp³-hybridized carbons (Fsp3) is 0.208. The van der Waals surface area contributed by atoms with Gasteiger partial charge in [-0.05, 0) is 36.4 Å². The highest BCUT2D eigenvalue weighted by Gasteiger charge is 2.21. The molecular formula is C24H25N5O3. The predicted octanol–water partition coefficient (Wildman–Crippen LogP) is 4.52. The second-order valence-corrected chi connectivity index (χ2v) is 7.53. The van der Waals surface area contributed by atoms with E-state index in [0.717, 1.165) is 24.4 Å². The summed E-state index contributed by atoms with van der Waals surface area (Å²) >= 11 is 0. The van der Waals surface area contributed by atoms with Crippen molar-refractivity contribution < 1.29 is 9.66 Å². The Balaban J connectivity index is 1.81. The van der Waals surface area contributed by atoms with E-state index in [1.807, 2.05) is 34.9 Å². The van der Waals surface area contributed by atoms with Crippen LogP contribution >= 0.6 is 0 Å². The van der Waals surface area contributed by atoms with E-state index in [2.05, 4.69) is 24.0 Å². The average Bonchev–Trinajstić information content (AvgIpc) is 3.16. The molecule has 0 bridgehead atoms. The molecule has 0 radical (unpaired) electrons. The van der Waals surface area contributed by atoms with Crippen LogP contribution in [0.5, 0.6) is 5.75 Å². The average molecular weight is 431 g/mol. The van der Waals surface area contributed by atoms with Crippen molar-refractivity contribution in [3.8, 4) is 17.0 Å². The Morgan fingerprint density at radius 2 is 1.91 bits per heavy atom. The molecule has 8 heteroatoms. The molecule has 2 aromatic heterocycles. The zero-order chi connectivity index (χ0) is 22.7. The molecule has 0 aliphatic rings. The molecule has 4 rings (SSSR count). The SMILES string of the molecule is CCN(Cc1ccccc1)Cc1c(-c2ccc(OC)c([N+](=O)[O-])c2)nc2ccc(N)cn12. The monoisotopic (exact) mass is 431 g/mol. The van der Waals surface area contributed by atoms with E-state index in [1.165, 1.54) is 18.7 Å². The number of ether oxygens (including phenoxy) is 1. The van der Waals surface area contributed by atoms with Crippen molar-refractivity contribution in [2.24, 2.45) is 0 Å². The second-order valence-electron chi connectivity index (χ2n) is 7.53.